The molecular formula is C14H13N5O5. The second-order valence-corrected chi connectivity index (χ2v) is 5.31. The van der Waals surface area contributed by atoms with Crippen molar-refractivity contribution in [1.29, 1.82) is 0 Å². The summed E-state index contributed by atoms with van der Waals surface area (Å²) in [6, 6.07) is 5.66. The molecule has 10 nitrogen and oxygen atoms in total. The Bertz CT molecular complexity index is 957. The van der Waals surface area contributed by atoms with Gasteiger partial charge in [-0.1, -0.05) is 12.1 Å². The molecule has 0 radical (unpaired) electrons. The summed E-state index contributed by atoms with van der Waals surface area (Å²) in [5.41, 5.74) is 2.33. The first-order chi connectivity index (χ1) is 11.4. The van der Waals surface area contributed by atoms with E-state index in [1.54, 1.807) is 12.1 Å². The van der Waals surface area contributed by atoms with Crippen LogP contribution in [0.2, 0.25) is 0 Å². The van der Waals surface area contributed by atoms with E-state index in [9.17, 15) is 24.8 Å². The summed E-state index contributed by atoms with van der Waals surface area (Å²) < 4.78 is 0.915. The number of benzene rings is 1. The summed E-state index contributed by atoms with van der Waals surface area (Å²) >= 11 is 0. The molecule has 0 bridgehead atoms. The van der Waals surface area contributed by atoms with Crippen molar-refractivity contribution in [2.75, 3.05) is 0 Å². The zero-order chi connectivity index (χ0) is 17.4. The van der Waals surface area contributed by atoms with Crippen LogP contribution in [0, 0.1) is 10.1 Å². The molecule has 0 saturated heterocycles. The molecule has 1 atom stereocenters. The monoisotopic (exact) mass is 331 g/mol. The highest BCUT2D eigenvalue weighted by atomic mass is 16.6. The Kier molecular flexibility index (Phi) is 3.64. The van der Waals surface area contributed by atoms with Crippen molar-refractivity contribution < 1.29 is 10.0 Å². The van der Waals surface area contributed by atoms with Gasteiger partial charge in [0, 0.05) is 25.6 Å². The van der Waals surface area contributed by atoms with Gasteiger partial charge in [0.2, 0.25) is 5.88 Å². The van der Waals surface area contributed by atoms with Crippen molar-refractivity contribution in [2.24, 2.45) is 12.1 Å². The molecule has 0 unspecified atom stereocenters. The van der Waals surface area contributed by atoms with Gasteiger partial charge in [-0.3, -0.25) is 24.5 Å². The number of aromatic nitrogens is 2. The average Bonchev–Trinajstić information content (AvgIpc) is 3.02. The quantitative estimate of drug-likeness (QED) is 0.539. The molecule has 124 valence electrons. The summed E-state index contributed by atoms with van der Waals surface area (Å²) in [7, 11) is 1.33. The normalized spacial score (nSPS) is 16.5. The number of H-pyrrole nitrogens is 1. The Hall–Kier alpha value is -3.43. The molecule has 24 heavy (non-hydrogen) atoms. The number of hydrogen-bond acceptors (Lipinski definition) is 7. The zero-order valence-electron chi connectivity index (χ0n) is 12.5. The number of non-ortho nitro benzene ring substituents is 1. The van der Waals surface area contributed by atoms with Gasteiger partial charge >= 0.3 is 5.69 Å². The van der Waals surface area contributed by atoms with E-state index in [-0.39, 0.29) is 23.7 Å². The molecule has 0 saturated carbocycles. The van der Waals surface area contributed by atoms with Crippen LogP contribution in [-0.4, -0.2) is 25.3 Å². The highest BCUT2D eigenvalue weighted by Crippen LogP contribution is 2.26. The Labute approximate surface area is 134 Å². The van der Waals surface area contributed by atoms with E-state index in [2.05, 4.69) is 15.5 Å². The molecule has 0 fully saturated rings. The molecule has 2 aromatic rings. The van der Waals surface area contributed by atoms with E-state index < -0.39 is 22.1 Å². The van der Waals surface area contributed by atoms with Crippen LogP contribution < -0.4 is 16.7 Å². The van der Waals surface area contributed by atoms with Crippen molar-refractivity contribution in [1.82, 2.24) is 15.0 Å². The molecule has 2 heterocycles. The largest absolute Gasteiger partial charge is 0.494 e. The molecule has 3 rings (SSSR count). The van der Waals surface area contributed by atoms with E-state index in [0.29, 0.717) is 5.71 Å². The van der Waals surface area contributed by atoms with E-state index in [0.717, 1.165) is 10.1 Å². The SMILES string of the molecule is Cn1c(O)c(C2=NN[C@H](c3ccc([N+](=O)[O-])cc3)C2)c(=O)[nH]c1=O. The minimum atomic E-state index is -0.722. The minimum absolute atomic E-state index is 0.0231. The smallest absolute Gasteiger partial charge is 0.330 e. The number of nitrogens with zero attached hydrogens (tertiary/aromatic N) is 3. The lowest BCUT2D eigenvalue weighted by Gasteiger charge is -2.10. The molecule has 10 heteroatoms. The van der Waals surface area contributed by atoms with E-state index >= 15 is 0 Å². The molecule has 0 amide bonds. The first kappa shape index (κ1) is 15.5. The minimum Gasteiger partial charge on any atom is -0.494 e. The van der Waals surface area contributed by atoms with Crippen LogP contribution in [0.25, 0.3) is 0 Å². The number of rotatable bonds is 3. The number of nitro benzene ring substituents is 1. The number of hydrogen-bond donors (Lipinski definition) is 3. The van der Waals surface area contributed by atoms with Crippen LogP contribution in [0.3, 0.4) is 0 Å². The van der Waals surface area contributed by atoms with Crippen LogP contribution in [0.15, 0.2) is 39.0 Å². The van der Waals surface area contributed by atoms with Gasteiger partial charge in [-0.25, -0.2) is 4.79 Å². The van der Waals surface area contributed by atoms with Crippen LogP contribution in [0.1, 0.15) is 23.6 Å². The number of aromatic hydroxyl groups is 1. The summed E-state index contributed by atoms with van der Waals surface area (Å²) in [6.45, 7) is 0. The molecule has 1 aromatic heterocycles. The highest BCUT2D eigenvalue weighted by Gasteiger charge is 2.26. The number of aromatic amines is 1. The topological polar surface area (TPSA) is 143 Å². The van der Waals surface area contributed by atoms with Crippen molar-refractivity contribution in [3.8, 4) is 5.88 Å². The number of nitro groups is 1. The maximum Gasteiger partial charge on any atom is 0.330 e. The fourth-order valence-electron chi connectivity index (χ4n) is 2.49. The van der Waals surface area contributed by atoms with Gasteiger partial charge in [0.25, 0.3) is 11.2 Å². The second-order valence-electron chi connectivity index (χ2n) is 5.31. The fraction of sp³-hybridized carbons (Fsp3) is 0.214. The zero-order valence-corrected chi connectivity index (χ0v) is 12.5. The molecule has 1 aliphatic heterocycles. The van der Waals surface area contributed by atoms with Crippen LogP contribution in [-0.2, 0) is 7.05 Å². The predicted molar refractivity (Wildman–Crippen MR) is 84.1 cm³/mol. The molecule has 1 aliphatic rings. The molecule has 1 aromatic carbocycles. The van der Waals surface area contributed by atoms with Gasteiger partial charge in [-0.05, 0) is 5.56 Å². The summed E-state index contributed by atoms with van der Waals surface area (Å²) in [5.74, 6) is -0.464. The average molecular weight is 331 g/mol. The highest BCUT2D eigenvalue weighted by molar-refractivity contribution is 6.03. The number of hydrazone groups is 1. The summed E-state index contributed by atoms with van der Waals surface area (Å²) in [6.07, 6.45) is 0.284. The third kappa shape index (κ3) is 2.53. The van der Waals surface area contributed by atoms with Gasteiger partial charge in [0.05, 0.1) is 16.7 Å². The van der Waals surface area contributed by atoms with Crippen molar-refractivity contribution in [3.05, 3.63) is 66.3 Å². The summed E-state index contributed by atoms with van der Waals surface area (Å²) in [5, 5.41) is 24.8. The Balaban J connectivity index is 1.88. The summed E-state index contributed by atoms with van der Waals surface area (Å²) in [4.78, 5) is 35.7. The fourth-order valence-corrected chi connectivity index (χ4v) is 2.49. The molecular weight excluding hydrogens is 318 g/mol. The second kappa shape index (κ2) is 5.65. The Morgan fingerprint density at radius 2 is 2.00 bits per heavy atom. The van der Waals surface area contributed by atoms with Crippen molar-refractivity contribution in [3.63, 3.8) is 0 Å². The predicted octanol–water partition coefficient (Wildman–Crippen LogP) is 0.126. The van der Waals surface area contributed by atoms with Crippen LogP contribution in [0.5, 0.6) is 5.88 Å². The first-order valence-electron chi connectivity index (χ1n) is 6.97. The van der Waals surface area contributed by atoms with Gasteiger partial charge in [0.1, 0.15) is 5.56 Å². The Morgan fingerprint density at radius 1 is 1.33 bits per heavy atom. The van der Waals surface area contributed by atoms with Gasteiger partial charge in [-0.2, -0.15) is 5.10 Å². The molecule has 3 N–H and O–H groups in total. The van der Waals surface area contributed by atoms with Crippen LogP contribution >= 0.6 is 0 Å². The van der Waals surface area contributed by atoms with Crippen LogP contribution in [0.4, 0.5) is 5.69 Å². The third-order valence-corrected chi connectivity index (χ3v) is 3.84. The van der Waals surface area contributed by atoms with Crippen molar-refractivity contribution >= 4 is 11.4 Å². The van der Waals surface area contributed by atoms with Gasteiger partial charge in [0.15, 0.2) is 0 Å². The first-order valence-corrected chi connectivity index (χ1v) is 6.97. The van der Waals surface area contributed by atoms with E-state index in [1.165, 1.54) is 19.2 Å². The molecule has 0 spiro atoms. The third-order valence-electron chi connectivity index (χ3n) is 3.84. The maximum absolute atomic E-state index is 12.0. The maximum atomic E-state index is 12.0. The lowest BCUT2D eigenvalue weighted by molar-refractivity contribution is -0.384. The van der Waals surface area contributed by atoms with Gasteiger partial charge < -0.3 is 10.5 Å². The lowest BCUT2D eigenvalue weighted by Crippen LogP contribution is -2.32. The Morgan fingerprint density at radius 3 is 2.62 bits per heavy atom. The van der Waals surface area contributed by atoms with E-state index in [4.69, 9.17) is 0 Å². The molecule has 0 aliphatic carbocycles. The standard InChI is InChI=1S/C14H13N5O5/c1-18-13(21)11(12(20)15-14(18)22)10-6-9(16-17-10)7-2-4-8(5-3-7)19(23)24/h2-5,9,16,21H,6H2,1H3,(H,15,20,22)/t9-/m0/s1. The lowest BCUT2D eigenvalue weighted by atomic mass is 10.00. The van der Waals surface area contributed by atoms with Crippen molar-refractivity contribution in [2.45, 2.75) is 12.5 Å². The number of nitrogens with one attached hydrogen (secondary N) is 2. The van der Waals surface area contributed by atoms with E-state index in [1.807, 2.05) is 0 Å². The van der Waals surface area contributed by atoms with Gasteiger partial charge in [-0.15, -0.1) is 0 Å².